The fourth-order valence-corrected chi connectivity index (χ4v) is 2.21. The van der Waals surface area contributed by atoms with E-state index in [1.807, 2.05) is 30.3 Å². The quantitative estimate of drug-likeness (QED) is 0.767. The van der Waals surface area contributed by atoms with Crippen molar-refractivity contribution < 1.29 is 9.90 Å². The lowest BCUT2D eigenvalue weighted by Gasteiger charge is -2.34. The van der Waals surface area contributed by atoms with Crippen LogP contribution in [0.5, 0.6) is 0 Å². The molecule has 2 rings (SSSR count). The van der Waals surface area contributed by atoms with Crippen LogP contribution in [0.3, 0.4) is 0 Å². The fraction of sp³-hybridized carbons (Fsp3) is 0.417. The Balaban J connectivity index is 2.38. The summed E-state index contributed by atoms with van der Waals surface area (Å²) in [5, 5.41) is 12.6. The van der Waals surface area contributed by atoms with E-state index in [9.17, 15) is 9.90 Å². The van der Waals surface area contributed by atoms with Gasteiger partial charge in [-0.1, -0.05) is 30.3 Å². The van der Waals surface area contributed by atoms with Gasteiger partial charge in [0.1, 0.15) is 5.41 Å². The molecule has 0 aliphatic carbocycles. The van der Waals surface area contributed by atoms with Gasteiger partial charge in [-0.2, -0.15) is 0 Å². The second kappa shape index (κ2) is 4.03. The van der Waals surface area contributed by atoms with Crippen molar-refractivity contribution >= 4 is 5.97 Å². The maximum absolute atomic E-state index is 11.4. The smallest absolute Gasteiger partial charge is 0.315 e. The predicted molar refractivity (Wildman–Crippen MR) is 57.9 cm³/mol. The second-order valence-electron chi connectivity index (χ2n) is 4.03. The van der Waals surface area contributed by atoms with Gasteiger partial charge in [0.05, 0.1) is 0 Å². The first-order chi connectivity index (χ1) is 7.26. The van der Waals surface area contributed by atoms with Crippen molar-refractivity contribution in [3.63, 3.8) is 0 Å². The lowest BCUT2D eigenvalue weighted by molar-refractivity contribution is -0.144. The molecule has 1 heterocycles. The van der Waals surface area contributed by atoms with Crippen LogP contribution in [0.15, 0.2) is 30.3 Å². The average Bonchev–Trinajstić information content (AvgIpc) is 2.31. The van der Waals surface area contributed by atoms with E-state index in [1.165, 1.54) is 0 Å². The molecule has 0 aromatic heterocycles. The zero-order valence-electron chi connectivity index (χ0n) is 8.57. The normalized spacial score (nSPS) is 26.1. The number of carbonyl (C=O) groups is 1. The first-order valence-corrected chi connectivity index (χ1v) is 5.25. The van der Waals surface area contributed by atoms with E-state index in [0.29, 0.717) is 6.54 Å². The third-order valence-electron chi connectivity index (χ3n) is 3.12. The summed E-state index contributed by atoms with van der Waals surface area (Å²) in [6.45, 7) is 1.45. The largest absolute Gasteiger partial charge is 0.481 e. The maximum atomic E-state index is 11.4. The van der Waals surface area contributed by atoms with Crippen LogP contribution in [0.2, 0.25) is 0 Å². The summed E-state index contributed by atoms with van der Waals surface area (Å²) in [6.07, 6.45) is 1.64. The molecule has 1 aromatic carbocycles. The minimum atomic E-state index is -0.723. The van der Waals surface area contributed by atoms with Crippen molar-refractivity contribution in [3.8, 4) is 0 Å². The van der Waals surface area contributed by atoms with E-state index in [0.717, 1.165) is 24.9 Å². The van der Waals surface area contributed by atoms with Crippen LogP contribution in [-0.4, -0.2) is 24.2 Å². The lowest BCUT2D eigenvalue weighted by atomic mass is 9.75. The number of rotatable bonds is 2. The van der Waals surface area contributed by atoms with Gasteiger partial charge in [0.25, 0.3) is 0 Å². The Hall–Kier alpha value is -1.35. The Morgan fingerprint density at radius 2 is 2.07 bits per heavy atom. The molecule has 0 bridgehead atoms. The van der Waals surface area contributed by atoms with Crippen molar-refractivity contribution in [2.75, 3.05) is 13.1 Å². The standard InChI is InChI=1S/C12H15NO2/c14-11(15)12(7-4-8-13-9-12)10-5-2-1-3-6-10/h1-3,5-6,13H,4,7-9H2,(H,14,15)/t12-/m1/s1. The number of aliphatic carboxylic acids is 1. The summed E-state index contributed by atoms with van der Waals surface area (Å²) < 4.78 is 0. The highest BCUT2D eigenvalue weighted by Crippen LogP contribution is 2.31. The van der Waals surface area contributed by atoms with Gasteiger partial charge in [-0.3, -0.25) is 4.79 Å². The second-order valence-corrected chi connectivity index (χ2v) is 4.03. The van der Waals surface area contributed by atoms with Gasteiger partial charge in [-0.15, -0.1) is 0 Å². The third-order valence-corrected chi connectivity index (χ3v) is 3.12. The molecule has 0 amide bonds. The van der Waals surface area contributed by atoms with Crippen molar-refractivity contribution in [1.82, 2.24) is 5.32 Å². The molecule has 0 spiro atoms. The molecule has 1 fully saturated rings. The fourth-order valence-electron chi connectivity index (χ4n) is 2.21. The van der Waals surface area contributed by atoms with E-state index in [2.05, 4.69) is 5.32 Å². The third kappa shape index (κ3) is 1.75. The molecule has 1 aliphatic rings. The summed E-state index contributed by atoms with van der Waals surface area (Å²) in [5.41, 5.74) is 0.184. The Morgan fingerprint density at radius 3 is 2.60 bits per heavy atom. The van der Waals surface area contributed by atoms with E-state index in [-0.39, 0.29) is 0 Å². The summed E-state index contributed by atoms with van der Waals surface area (Å²) in [7, 11) is 0. The highest BCUT2D eigenvalue weighted by Gasteiger charge is 2.41. The summed E-state index contributed by atoms with van der Waals surface area (Å²) >= 11 is 0. The van der Waals surface area contributed by atoms with Gasteiger partial charge in [-0.25, -0.2) is 0 Å². The number of hydrogen-bond donors (Lipinski definition) is 2. The minimum Gasteiger partial charge on any atom is -0.481 e. The van der Waals surface area contributed by atoms with Gasteiger partial charge >= 0.3 is 5.97 Å². The van der Waals surface area contributed by atoms with Gasteiger partial charge in [-0.05, 0) is 24.9 Å². The molecular weight excluding hydrogens is 190 g/mol. The Morgan fingerprint density at radius 1 is 1.33 bits per heavy atom. The molecule has 1 aliphatic heterocycles. The zero-order valence-corrected chi connectivity index (χ0v) is 8.57. The molecule has 1 atom stereocenters. The highest BCUT2D eigenvalue weighted by atomic mass is 16.4. The SMILES string of the molecule is O=C(O)[C@]1(c2ccccc2)CCCNC1. The molecule has 80 valence electrons. The van der Waals surface area contributed by atoms with Gasteiger partial charge in [0.15, 0.2) is 0 Å². The van der Waals surface area contributed by atoms with Crippen LogP contribution >= 0.6 is 0 Å². The van der Waals surface area contributed by atoms with Crippen molar-refractivity contribution in [2.45, 2.75) is 18.3 Å². The van der Waals surface area contributed by atoms with Gasteiger partial charge in [0, 0.05) is 6.54 Å². The minimum absolute atomic E-state index is 0.534. The molecule has 0 saturated carbocycles. The number of benzene rings is 1. The molecular formula is C12H15NO2. The van der Waals surface area contributed by atoms with Gasteiger partial charge in [0.2, 0.25) is 0 Å². The Labute approximate surface area is 89.1 Å². The van der Waals surface area contributed by atoms with Crippen LogP contribution in [0.1, 0.15) is 18.4 Å². The van der Waals surface area contributed by atoms with E-state index >= 15 is 0 Å². The molecule has 1 saturated heterocycles. The Bertz CT molecular complexity index is 342. The first kappa shape index (κ1) is 10.2. The van der Waals surface area contributed by atoms with E-state index in [4.69, 9.17) is 0 Å². The van der Waals surface area contributed by atoms with Crippen LogP contribution in [0, 0.1) is 0 Å². The van der Waals surface area contributed by atoms with Crippen molar-refractivity contribution in [1.29, 1.82) is 0 Å². The average molecular weight is 205 g/mol. The van der Waals surface area contributed by atoms with Crippen LogP contribution in [0.4, 0.5) is 0 Å². The number of carboxylic acid groups (broad SMARTS) is 1. The molecule has 0 radical (unpaired) electrons. The first-order valence-electron chi connectivity index (χ1n) is 5.25. The molecule has 2 N–H and O–H groups in total. The summed E-state index contributed by atoms with van der Waals surface area (Å²) in [4.78, 5) is 11.4. The molecule has 1 aromatic rings. The molecule has 3 nitrogen and oxygen atoms in total. The van der Waals surface area contributed by atoms with Crippen LogP contribution in [0.25, 0.3) is 0 Å². The van der Waals surface area contributed by atoms with E-state index in [1.54, 1.807) is 0 Å². The van der Waals surface area contributed by atoms with E-state index < -0.39 is 11.4 Å². The molecule has 15 heavy (non-hydrogen) atoms. The lowest BCUT2D eigenvalue weighted by Crippen LogP contribution is -2.48. The monoisotopic (exact) mass is 205 g/mol. The van der Waals surface area contributed by atoms with Crippen molar-refractivity contribution in [2.24, 2.45) is 0 Å². The maximum Gasteiger partial charge on any atom is 0.315 e. The topological polar surface area (TPSA) is 49.3 Å². The number of hydrogen-bond acceptors (Lipinski definition) is 2. The molecule has 0 unspecified atom stereocenters. The summed E-state index contributed by atoms with van der Waals surface area (Å²) in [6, 6.07) is 9.51. The predicted octanol–water partition coefficient (Wildman–Crippen LogP) is 1.39. The molecule has 3 heteroatoms. The Kier molecular flexibility index (Phi) is 2.73. The number of nitrogens with one attached hydrogen (secondary N) is 1. The zero-order chi connectivity index (χ0) is 10.7. The van der Waals surface area contributed by atoms with Crippen LogP contribution < -0.4 is 5.32 Å². The van der Waals surface area contributed by atoms with Crippen molar-refractivity contribution in [3.05, 3.63) is 35.9 Å². The highest BCUT2D eigenvalue weighted by molar-refractivity contribution is 5.82. The summed E-state index contributed by atoms with van der Waals surface area (Å²) in [5.74, 6) is -0.721. The number of piperidine rings is 1. The van der Waals surface area contributed by atoms with Crippen LogP contribution in [-0.2, 0) is 10.2 Å². The van der Waals surface area contributed by atoms with Gasteiger partial charge < -0.3 is 10.4 Å². The number of carboxylic acids is 1.